The van der Waals surface area contributed by atoms with Crippen LogP contribution >= 0.6 is 0 Å². The van der Waals surface area contributed by atoms with Gasteiger partial charge in [-0.15, -0.1) is 0 Å². The van der Waals surface area contributed by atoms with Crippen LogP contribution in [0.5, 0.6) is 11.5 Å². The molecule has 0 saturated carbocycles. The van der Waals surface area contributed by atoms with Gasteiger partial charge in [-0.05, 0) is 111 Å². The SMILES string of the molecule is CC(C)(C)c1cc(-[n+]2[c-]n(-c3cc(Oc4ccc5c6ccccc6n(-c6cc(C(C)(C)c7ccccc7)ccn6)c5c4)cc(-c4ccccc4)c3)c(-c3ccccc3)c2)cc(C(C)(C)c2ccccc2)c1. The lowest BCUT2D eigenvalue weighted by Gasteiger charge is -2.30. The molecule has 0 bridgehead atoms. The first-order valence-corrected chi connectivity index (χ1v) is 24.6. The van der Waals surface area contributed by atoms with Crippen LogP contribution in [-0.2, 0) is 16.2 Å². The zero-order valence-electron chi connectivity index (χ0n) is 41.6. The summed E-state index contributed by atoms with van der Waals surface area (Å²) >= 11 is 0. The molecule has 0 aliphatic heterocycles. The van der Waals surface area contributed by atoms with Crippen LogP contribution in [-0.4, -0.2) is 14.1 Å². The molecule has 0 atom stereocenters. The monoisotopic (exact) mass is 922 g/mol. The summed E-state index contributed by atoms with van der Waals surface area (Å²) in [5.41, 5.74) is 13.9. The number of rotatable bonds is 11. The first-order valence-electron chi connectivity index (χ1n) is 24.6. The van der Waals surface area contributed by atoms with E-state index in [9.17, 15) is 0 Å². The summed E-state index contributed by atoms with van der Waals surface area (Å²) < 4.78 is 13.7. The molecule has 0 N–H and O–H groups in total. The molecule has 348 valence electrons. The van der Waals surface area contributed by atoms with Crippen molar-refractivity contribution in [3.8, 4) is 51.1 Å². The van der Waals surface area contributed by atoms with Crippen LogP contribution in [0.15, 0.2) is 225 Å². The van der Waals surface area contributed by atoms with E-state index in [1.54, 1.807) is 0 Å². The van der Waals surface area contributed by atoms with Gasteiger partial charge >= 0.3 is 0 Å². The van der Waals surface area contributed by atoms with Gasteiger partial charge in [-0.1, -0.05) is 194 Å². The van der Waals surface area contributed by atoms with Crippen molar-refractivity contribution in [3.63, 3.8) is 0 Å². The number of para-hydroxylation sites is 1. The number of hydrogen-bond donors (Lipinski definition) is 0. The minimum atomic E-state index is -0.240. The number of nitrogens with zero attached hydrogens (tertiary/aromatic N) is 4. The van der Waals surface area contributed by atoms with Gasteiger partial charge in [0.15, 0.2) is 0 Å². The van der Waals surface area contributed by atoms with E-state index >= 15 is 0 Å². The van der Waals surface area contributed by atoms with E-state index in [1.807, 2.05) is 6.20 Å². The van der Waals surface area contributed by atoms with Gasteiger partial charge < -0.3 is 4.74 Å². The number of imidazole rings is 1. The molecular formula is C66H58N4O. The summed E-state index contributed by atoms with van der Waals surface area (Å²) in [6, 6.07) is 75.5. The van der Waals surface area contributed by atoms with Crippen LogP contribution in [0.3, 0.4) is 0 Å². The van der Waals surface area contributed by atoms with E-state index in [4.69, 9.17) is 9.72 Å². The van der Waals surface area contributed by atoms with Crippen LogP contribution < -0.4 is 9.30 Å². The number of aromatic nitrogens is 4. The third-order valence-corrected chi connectivity index (χ3v) is 14.4. The molecule has 0 fully saturated rings. The molecule has 0 amide bonds. The Morgan fingerprint density at radius 2 is 1.04 bits per heavy atom. The Balaban J connectivity index is 1.05. The molecule has 5 heteroatoms. The van der Waals surface area contributed by atoms with Crippen LogP contribution in [0.2, 0.25) is 0 Å². The summed E-state index contributed by atoms with van der Waals surface area (Å²) in [5.74, 6) is 2.29. The Morgan fingerprint density at radius 1 is 0.451 bits per heavy atom. The molecule has 0 saturated heterocycles. The van der Waals surface area contributed by atoms with Crippen molar-refractivity contribution in [3.05, 3.63) is 259 Å². The van der Waals surface area contributed by atoms with Crippen molar-refractivity contribution in [1.29, 1.82) is 0 Å². The molecule has 0 unspecified atom stereocenters. The fourth-order valence-corrected chi connectivity index (χ4v) is 9.99. The van der Waals surface area contributed by atoms with Crippen LogP contribution in [0, 0.1) is 6.33 Å². The second-order valence-electron chi connectivity index (χ2n) is 20.8. The van der Waals surface area contributed by atoms with Crippen molar-refractivity contribution in [2.45, 2.75) is 64.7 Å². The quantitative estimate of drug-likeness (QED) is 0.0957. The predicted octanol–water partition coefficient (Wildman–Crippen LogP) is 16.1. The van der Waals surface area contributed by atoms with Crippen LogP contribution in [0.25, 0.3) is 61.4 Å². The Kier molecular flexibility index (Phi) is 11.4. The van der Waals surface area contributed by atoms with Gasteiger partial charge in [0.05, 0.1) is 28.1 Å². The van der Waals surface area contributed by atoms with E-state index in [0.29, 0.717) is 5.75 Å². The van der Waals surface area contributed by atoms with Gasteiger partial charge in [0.2, 0.25) is 0 Å². The van der Waals surface area contributed by atoms with Gasteiger partial charge in [-0.2, -0.15) is 0 Å². The lowest BCUT2D eigenvalue weighted by atomic mass is 9.75. The van der Waals surface area contributed by atoms with Gasteiger partial charge in [0.25, 0.3) is 6.33 Å². The van der Waals surface area contributed by atoms with E-state index in [0.717, 1.165) is 67.1 Å². The number of hydrogen-bond acceptors (Lipinski definition) is 2. The molecule has 11 rings (SSSR count). The summed E-state index contributed by atoms with van der Waals surface area (Å²) in [6.45, 7) is 16.1. The summed E-state index contributed by atoms with van der Waals surface area (Å²) in [6.07, 6.45) is 7.98. The summed E-state index contributed by atoms with van der Waals surface area (Å²) in [5, 5.41) is 2.29. The highest BCUT2D eigenvalue weighted by Gasteiger charge is 2.28. The highest BCUT2D eigenvalue weighted by Crippen LogP contribution is 2.40. The fraction of sp³-hybridized carbons (Fsp3) is 0.152. The lowest BCUT2D eigenvalue weighted by molar-refractivity contribution is -0.599. The highest BCUT2D eigenvalue weighted by atomic mass is 16.5. The standard InChI is InChI=1S/C66H58N4O/c1-64(2,3)52-38-53(66(6,7)50-28-18-11-19-29-50)40-54(39-52)68-44-62(47-24-14-9-15-25-47)69(45-68)55-36-48(46-22-12-8-13-23-46)37-57(42-55)71-56-32-33-59-58-30-20-21-31-60(58)70(61(59)43-56)63-41-51(34-35-67-63)65(4,5)49-26-16-10-17-27-49/h8-44H,1-7H3. The lowest BCUT2D eigenvalue weighted by Crippen LogP contribution is -2.31. The average Bonchev–Trinajstić information content (AvgIpc) is 4.00. The van der Waals surface area contributed by atoms with E-state index in [2.05, 4.69) is 287 Å². The second kappa shape index (κ2) is 17.9. The predicted molar refractivity (Wildman–Crippen MR) is 291 cm³/mol. The zero-order valence-corrected chi connectivity index (χ0v) is 41.6. The van der Waals surface area contributed by atoms with Crippen LogP contribution in [0.4, 0.5) is 0 Å². The molecule has 3 aromatic heterocycles. The third-order valence-electron chi connectivity index (χ3n) is 14.4. The normalized spacial score (nSPS) is 12.2. The third kappa shape index (κ3) is 8.63. The maximum absolute atomic E-state index is 7.05. The number of benzene rings is 8. The first kappa shape index (κ1) is 45.2. The minimum absolute atomic E-state index is 0.0869. The largest absolute Gasteiger partial charge is 0.458 e. The first-order chi connectivity index (χ1) is 34.3. The molecular weight excluding hydrogens is 865 g/mol. The van der Waals surface area contributed by atoms with E-state index < -0.39 is 0 Å². The molecule has 0 aliphatic rings. The van der Waals surface area contributed by atoms with Gasteiger partial charge in [0.1, 0.15) is 17.3 Å². The molecule has 0 spiro atoms. The number of pyridine rings is 1. The Labute approximate surface area is 418 Å². The molecule has 71 heavy (non-hydrogen) atoms. The van der Waals surface area contributed by atoms with Crippen LogP contribution in [0.1, 0.15) is 76.3 Å². The van der Waals surface area contributed by atoms with Crippen molar-refractivity contribution < 1.29 is 9.30 Å². The summed E-state index contributed by atoms with van der Waals surface area (Å²) in [7, 11) is 0. The molecule has 0 radical (unpaired) electrons. The Hall–Kier alpha value is -8.28. The smallest absolute Gasteiger partial charge is 0.269 e. The second-order valence-corrected chi connectivity index (χ2v) is 20.8. The molecule has 0 aliphatic carbocycles. The molecule has 3 heterocycles. The molecule has 8 aromatic carbocycles. The van der Waals surface area contributed by atoms with Gasteiger partial charge in [-0.3, -0.25) is 13.7 Å². The maximum Gasteiger partial charge on any atom is 0.269 e. The topological polar surface area (TPSA) is 35.9 Å². The fourth-order valence-electron chi connectivity index (χ4n) is 9.99. The van der Waals surface area contributed by atoms with E-state index in [1.165, 1.54) is 27.8 Å². The van der Waals surface area contributed by atoms with Crippen molar-refractivity contribution in [1.82, 2.24) is 14.1 Å². The van der Waals surface area contributed by atoms with Gasteiger partial charge in [0, 0.05) is 40.1 Å². The Bertz CT molecular complexity index is 3690. The van der Waals surface area contributed by atoms with Gasteiger partial charge in [-0.25, -0.2) is 4.98 Å². The maximum atomic E-state index is 7.05. The van der Waals surface area contributed by atoms with E-state index in [-0.39, 0.29) is 16.2 Å². The Morgan fingerprint density at radius 3 is 1.72 bits per heavy atom. The van der Waals surface area contributed by atoms with Crippen molar-refractivity contribution in [2.24, 2.45) is 0 Å². The molecule has 11 aromatic rings. The zero-order chi connectivity index (χ0) is 48.9. The molecule has 5 nitrogen and oxygen atoms in total. The highest BCUT2D eigenvalue weighted by molar-refractivity contribution is 6.09. The average molecular weight is 923 g/mol. The number of fused-ring (bicyclic) bond motifs is 3. The van der Waals surface area contributed by atoms with Crippen molar-refractivity contribution in [2.75, 3.05) is 0 Å². The van der Waals surface area contributed by atoms with Crippen molar-refractivity contribution >= 4 is 21.8 Å². The summed E-state index contributed by atoms with van der Waals surface area (Å²) in [4.78, 5) is 5.01. The minimum Gasteiger partial charge on any atom is -0.458 e. The number of ether oxygens (including phenoxy) is 1.